The molecule has 0 aliphatic carbocycles. The summed E-state index contributed by atoms with van der Waals surface area (Å²) in [5.74, 6) is 0.0275. The number of ether oxygens (including phenoxy) is 2. The molecule has 0 fully saturated rings. The predicted molar refractivity (Wildman–Crippen MR) is 177 cm³/mol. The molecule has 1 aliphatic rings. The molecule has 0 radical (unpaired) electrons. The summed E-state index contributed by atoms with van der Waals surface area (Å²) in [4.78, 5) is 13.0. The van der Waals surface area contributed by atoms with Crippen LogP contribution in [0, 0.1) is 12.7 Å². The predicted octanol–water partition coefficient (Wildman–Crippen LogP) is 6.42. The zero-order chi connectivity index (χ0) is 32.9. The number of fused-ring (bicyclic) bond motifs is 1. The molecule has 1 amide bonds. The number of carbonyl (C=O) groups is 1. The maximum absolute atomic E-state index is 14.0. The van der Waals surface area contributed by atoms with Gasteiger partial charge in [-0.3, -0.25) is 4.79 Å². The van der Waals surface area contributed by atoms with Crippen molar-refractivity contribution in [3.8, 4) is 28.4 Å². The van der Waals surface area contributed by atoms with E-state index in [-0.39, 0.29) is 24.0 Å². The first kappa shape index (κ1) is 32.8. The van der Waals surface area contributed by atoms with Crippen molar-refractivity contribution in [2.24, 2.45) is 0 Å². The van der Waals surface area contributed by atoms with Gasteiger partial charge in [-0.2, -0.15) is 8.42 Å². The molecular formula is C35H38FN3O6S. The molecule has 46 heavy (non-hydrogen) atoms. The summed E-state index contributed by atoms with van der Waals surface area (Å²) in [5.41, 5.74) is 4.18. The lowest BCUT2D eigenvalue weighted by Crippen LogP contribution is -2.47. The molecule has 0 aromatic heterocycles. The Kier molecular flexibility index (Phi) is 9.83. The number of aryl methyl sites for hydroxylation is 1. The van der Waals surface area contributed by atoms with Gasteiger partial charge in [0.05, 0.1) is 24.2 Å². The van der Waals surface area contributed by atoms with Crippen molar-refractivity contribution >= 4 is 27.4 Å². The fraction of sp³-hybridized carbons (Fsp3) is 0.286. The summed E-state index contributed by atoms with van der Waals surface area (Å²) in [5, 5.41) is 9.52. The molecule has 1 heterocycles. The van der Waals surface area contributed by atoms with Crippen LogP contribution in [0.2, 0.25) is 0 Å². The summed E-state index contributed by atoms with van der Waals surface area (Å²) in [6, 6.07) is 22.7. The summed E-state index contributed by atoms with van der Waals surface area (Å²) in [6.07, 6.45) is 0.379. The van der Waals surface area contributed by atoms with Crippen LogP contribution in [0.25, 0.3) is 11.1 Å². The van der Waals surface area contributed by atoms with Gasteiger partial charge < -0.3 is 29.6 Å². The number of rotatable bonds is 13. The molecular weight excluding hydrogens is 609 g/mol. The molecule has 4 aromatic carbocycles. The Bertz CT molecular complexity index is 1830. The number of halogens is 1. The molecule has 0 spiro atoms. The Balaban J connectivity index is 1.37. The van der Waals surface area contributed by atoms with Gasteiger partial charge in [-0.05, 0) is 74.7 Å². The SMILES string of the molecule is COc1cc(OS(=O)(=O)CCCNCc2ccccc2)ccc1-c1ccc2c(c1COc1cc(F)ccc1C)NC(=O)C(C)(C)N2. The van der Waals surface area contributed by atoms with Gasteiger partial charge in [0.1, 0.15) is 35.2 Å². The van der Waals surface area contributed by atoms with E-state index in [1.54, 1.807) is 32.0 Å². The molecule has 9 nitrogen and oxygen atoms in total. The third-order valence-electron chi connectivity index (χ3n) is 7.69. The minimum atomic E-state index is -3.87. The molecule has 4 aromatic rings. The summed E-state index contributed by atoms with van der Waals surface area (Å²) < 4.78 is 56.8. The molecule has 0 unspecified atom stereocenters. The first-order valence-electron chi connectivity index (χ1n) is 15.0. The quantitative estimate of drug-likeness (QED) is 0.113. The molecule has 0 saturated heterocycles. The minimum Gasteiger partial charge on any atom is -0.496 e. The highest BCUT2D eigenvalue weighted by Crippen LogP contribution is 2.43. The Labute approximate surface area is 269 Å². The van der Waals surface area contributed by atoms with Gasteiger partial charge in [-0.1, -0.05) is 42.5 Å². The van der Waals surface area contributed by atoms with Crippen molar-refractivity contribution in [3.05, 3.63) is 101 Å². The maximum Gasteiger partial charge on any atom is 0.309 e. The Morgan fingerprint density at radius 3 is 2.46 bits per heavy atom. The second kappa shape index (κ2) is 13.8. The largest absolute Gasteiger partial charge is 0.496 e. The molecule has 5 rings (SSSR count). The number of carbonyl (C=O) groups excluding carboxylic acids is 1. The lowest BCUT2D eigenvalue weighted by atomic mass is 9.92. The standard InChI is InChI=1S/C35H38FN3O6S/c1-23-11-12-25(36)19-31(23)44-22-29-27(15-16-30-33(29)38-34(40)35(2,3)39-30)28-14-13-26(20-32(28)43-4)45-46(41,42)18-8-17-37-21-24-9-6-5-7-10-24/h5-7,9-16,19-20,37,39H,8,17-18,21-22H2,1-4H3,(H,38,40). The van der Waals surface area contributed by atoms with Crippen LogP contribution in [-0.4, -0.2) is 39.3 Å². The number of hydrogen-bond acceptors (Lipinski definition) is 8. The molecule has 11 heteroatoms. The van der Waals surface area contributed by atoms with Gasteiger partial charge in [0.25, 0.3) is 0 Å². The van der Waals surface area contributed by atoms with Crippen LogP contribution in [-0.2, 0) is 28.1 Å². The summed E-state index contributed by atoms with van der Waals surface area (Å²) in [7, 11) is -2.39. The van der Waals surface area contributed by atoms with E-state index in [2.05, 4.69) is 16.0 Å². The normalized spacial score (nSPS) is 13.7. The highest BCUT2D eigenvalue weighted by Gasteiger charge is 2.35. The van der Waals surface area contributed by atoms with Crippen LogP contribution < -0.4 is 29.6 Å². The smallest absolute Gasteiger partial charge is 0.309 e. The molecule has 0 bridgehead atoms. The number of methoxy groups -OCH3 is 1. The third-order valence-corrected chi connectivity index (χ3v) is 8.93. The molecule has 1 aliphatic heterocycles. The van der Waals surface area contributed by atoms with E-state index in [4.69, 9.17) is 13.7 Å². The van der Waals surface area contributed by atoms with Crippen molar-refractivity contribution < 1.29 is 31.3 Å². The summed E-state index contributed by atoms with van der Waals surface area (Å²) >= 11 is 0. The Hall–Kier alpha value is -4.61. The fourth-order valence-corrected chi connectivity index (χ4v) is 6.15. The van der Waals surface area contributed by atoms with Gasteiger partial charge in [0, 0.05) is 29.8 Å². The van der Waals surface area contributed by atoms with Gasteiger partial charge >= 0.3 is 10.1 Å². The van der Waals surface area contributed by atoms with E-state index in [0.717, 1.165) is 11.1 Å². The van der Waals surface area contributed by atoms with E-state index in [1.807, 2.05) is 49.4 Å². The van der Waals surface area contributed by atoms with Crippen LogP contribution in [0.15, 0.2) is 78.9 Å². The van der Waals surface area contributed by atoms with Gasteiger partial charge in [0.15, 0.2) is 0 Å². The maximum atomic E-state index is 14.0. The van der Waals surface area contributed by atoms with Crippen molar-refractivity contribution in [2.75, 3.05) is 30.0 Å². The van der Waals surface area contributed by atoms with Crippen LogP contribution in [0.4, 0.5) is 15.8 Å². The summed E-state index contributed by atoms with van der Waals surface area (Å²) in [6.45, 7) is 6.54. The van der Waals surface area contributed by atoms with E-state index in [0.29, 0.717) is 59.1 Å². The van der Waals surface area contributed by atoms with Crippen LogP contribution in [0.5, 0.6) is 17.2 Å². The molecule has 3 N–H and O–H groups in total. The fourth-order valence-electron chi connectivity index (χ4n) is 5.18. The Morgan fingerprint density at radius 2 is 1.70 bits per heavy atom. The first-order chi connectivity index (χ1) is 22.0. The molecule has 242 valence electrons. The number of hydrogen-bond donors (Lipinski definition) is 3. The van der Waals surface area contributed by atoms with E-state index in [1.165, 1.54) is 25.3 Å². The lowest BCUT2D eigenvalue weighted by molar-refractivity contribution is -0.119. The van der Waals surface area contributed by atoms with Crippen LogP contribution >= 0.6 is 0 Å². The Morgan fingerprint density at radius 1 is 0.935 bits per heavy atom. The van der Waals surface area contributed by atoms with Crippen molar-refractivity contribution in [1.82, 2.24) is 5.32 Å². The third kappa shape index (κ3) is 7.78. The van der Waals surface area contributed by atoms with Crippen molar-refractivity contribution in [1.29, 1.82) is 0 Å². The average molecular weight is 648 g/mol. The highest BCUT2D eigenvalue weighted by molar-refractivity contribution is 7.87. The number of nitrogens with one attached hydrogen (secondary N) is 3. The first-order valence-corrected chi connectivity index (χ1v) is 16.5. The monoisotopic (exact) mass is 647 g/mol. The van der Waals surface area contributed by atoms with Crippen LogP contribution in [0.1, 0.15) is 37.0 Å². The topological polar surface area (TPSA) is 115 Å². The van der Waals surface area contributed by atoms with E-state index >= 15 is 0 Å². The molecule has 0 saturated carbocycles. The average Bonchev–Trinajstić information content (AvgIpc) is 3.02. The van der Waals surface area contributed by atoms with Gasteiger partial charge in [-0.25, -0.2) is 4.39 Å². The van der Waals surface area contributed by atoms with Crippen molar-refractivity contribution in [3.63, 3.8) is 0 Å². The van der Waals surface area contributed by atoms with E-state index in [9.17, 15) is 17.6 Å². The second-order valence-corrected chi connectivity index (χ2v) is 13.3. The molecule has 0 atom stereocenters. The number of amides is 1. The van der Waals surface area contributed by atoms with Crippen molar-refractivity contribution in [2.45, 2.75) is 45.9 Å². The van der Waals surface area contributed by atoms with Gasteiger partial charge in [-0.15, -0.1) is 0 Å². The zero-order valence-corrected chi connectivity index (χ0v) is 27.1. The minimum absolute atomic E-state index is 0.000713. The number of benzene rings is 4. The zero-order valence-electron chi connectivity index (χ0n) is 26.3. The van der Waals surface area contributed by atoms with Gasteiger partial charge in [0.2, 0.25) is 5.91 Å². The lowest BCUT2D eigenvalue weighted by Gasteiger charge is -2.34. The highest BCUT2D eigenvalue weighted by atomic mass is 32.2. The van der Waals surface area contributed by atoms with E-state index < -0.39 is 21.5 Å². The second-order valence-electron chi connectivity index (χ2n) is 11.6. The van der Waals surface area contributed by atoms with Crippen LogP contribution in [0.3, 0.4) is 0 Å². The number of anilines is 2.